The van der Waals surface area contributed by atoms with Gasteiger partial charge in [-0.15, -0.1) is 11.8 Å². The van der Waals surface area contributed by atoms with E-state index in [4.69, 9.17) is 23.2 Å². The smallest absolute Gasteiger partial charge is 0.0457 e. The molecule has 2 rings (SSSR count). The van der Waals surface area contributed by atoms with Gasteiger partial charge < -0.3 is 0 Å². The van der Waals surface area contributed by atoms with Gasteiger partial charge in [0, 0.05) is 25.2 Å². The zero-order chi connectivity index (χ0) is 12.3. The van der Waals surface area contributed by atoms with Crippen LogP contribution in [0.5, 0.6) is 0 Å². The molecule has 0 nitrogen and oxygen atoms in total. The van der Waals surface area contributed by atoms with E-state index in [0.29, 0.717) is 0 Å². The summed E-state index contributed by atoms with van der Waals surface area (Å²) in [5, 5.41) is 1.55. The van der Waals surface area contributed by atoms with E-state index in [1.807, 2.05) is 42.5 Å². The van der Waals surface area contributed by atoms with E-state index in [-0.39, 0.29) is 0 Å². The van der Waals surface area contributed by atoms with Gasteiger partial charge in [-0.2, -0.15) is 0 Å². The lowest BCUT2D eigenvalue weighted by molar-refractivity contribution is 1.37. The first-order chi connectivity index (χ1) is 8.15. The number of hydrogen-bond acceptors (Lipinski definition) is 1. The molecule has 88 valence electrons. The third kappa shape index (κ3) is 3.92. The van der Waals surface area contributed by atoms with Crippen LogP contribution in [0.2, 0.25) is 10.0 Å². The molecule has 0 radical (unpaired) electrons. The van der Waals surface area contributed by atoms with Crippen LogP contribution in [0.1, 0.15) is 5.56 Å². The second-order valence-electron chi connectivity index (χ2n) is 3.48. The van der Waals surface area contributed by atoms with Gasteiger partial charge in [0.25, 0.3) is 0 Å². The number of thioether (sulfide) groups is 1. The van der Waals surface area contributed by atoms with Crippen molar-refractivity contribution in [3.05, 3.63) is 62.5 Å². The summed E-state index contributed by atoms with van der Waals surface area (Å²) in [6.07, 6.45) is 0. The minimum atomic E-state index is 0.760. The fourth-order valence-electron chi connectivity index (χ4n) is 1.33. The van der Waals surface area contributed by atoms with Gasteiger partial charge in [-0.1, -0.05) is 45.2 Å². The largest absolute Gasteiger partial charge is 0.121 e. The first-order valence-corrected chi connectivity index (χ1v) is 7.51. The average Bonchev–Trinajstić information content (AvgIpc) is 2.30. The molecule has 0 fully saturated rings. The highest BCUT2D eigenvalue weighted by atomic mass is 79.9. The molecule has 4 heteroatoms. The Morgan fingerprint density at radius 1 is 1.00 bits per heavy atom. The minimum absolute atomic E-state index is 0.760. The highest BCUT2D eigenvalue weighted by Crippen LogP contribution is 2.29. The van der Waals surface area contributed by atoms with Crippen molar-refractivity contribution in [2.75, 3.05) is 0 Å². The summed E-state index contributed by atoms with van der Waals surface area (Å²) < 4.78 is 1.00. The van der Waals surface area contributed by atoms with Gasteiger partial charge in [0.05, 0.1) is 0 Å². The normalized spacial score (nSPS) is 10.5. The lowest BCUT2D eigenvalue weighted by atomic mass is 10.2. The van der Waals surface area contributed by atoms with Gasteiger partial charge in [-0.25, -0.2) is 0 Å². The van der Waals surface area contributed by atoms with E-state index >= 15 is 0 Å². The van der Waals surface area contributed by atoms with Crippen molar-refractivity contribution >= 4 is 50.9 Å². The maximum Gasteiger partial charge on any atom is 0.0457 e. The molecule has 0 unspecified atom stereocenters. The summed E-state index contributed by atoms with van der Waals surface area (Å²) in [7, 11) is 0. The Morgan fingerprint density at radius 2 is 1.71 bits per heavy atom. The summed E-state index contributed by atoms with van der Waals surface area (Å²) in [6, 6.07) is 13.8. The molecule has 17 heavy (non-hydrogen) atoms. The van der Waals surface area contributed by atoms with E-state index in [9.17, 15) is 0 Å². The van der Waals surface area contributed by atoms with Crippen LogP contribution in [-0.2, 0) is 5.75 Å². The topological polar surface area (TPSA) is 0 Å². The van der Waals surface area contributed by atoms with Crippen molar-refractivity contribution in [1.29, 1.82) is 0 Å². The van der Waals surface area contributed by atoms with E-state index in [1.54, 1.807) is 11.8 Å². The fraction of sp³-hybridized carbons (Fsp3) is 0.0769. The molecule has 0 aliphatic heterocycles. The standard InChI is InChI=1S/C13H9BrCl2S/c14-10-2-1-9(13(16)7-10)8-17-12-5-3-11(15)4-6-12/h1-7H,8H2. The molecule has 0 atom stereocenters. The van der Waals surface area contributed by atoms with Crippen molar-refractivity contribution in [2.45, 2.75) is 10.6 Å². The summed E-state index contributed by atoms with van der Waals surface area (Å²) in [5.41, 5.74) is 1.13. The summed E-state index contributed by atoms with van der Waals surface area (Å²) in [5.74, 6) is 0.855. The van der Waals surface area contributed by atoms with E-state index in [2.05, 4.69) is 15.9 Å². The molecule has 0 spiro atoms. The molecule has 0 aromatic heterocycles. The van der Waals surface area contributed by atoms with Crippen LogP contribution in [0, 0.1) is 0 Å². The maximum atomic E-state index is 6.16. The minimum Gasteiger partial charge on any atom is -0.121 e. The first-order valence-electron chi connectivity index (χ1n) is 4.97. The third-order valence-corrected chi connectivity index (χ3v) is 4.38. The molecule has 0 N–H and O–H groups in total. The Bertz CT molecular complexity index is 511. The predicted octanol–water partition coefficient (Wildman–Crippen LogP) is 6.05. The molecule has 0 heterocycles. The maximum absolute atomic E-state index is 6.16. The number of rotatable bonds is 3. The first kappa shape index (κ1) is 13.3. The second kappa shape index (κ2) is 6.14. The van der Waals surface area contributed by atoms with Gasteiger partial charge in [0.15, 0.2) is 0 Å². The van der Waals surface area contributed by atoms with Gasteiger partial charge in [0.2, 0.25) is 0 Å². The molecule has 2 aromatic rings. The summed E-state index contributed by atoms with van der Waals surface area (Å²) in [6.45, 7) is 0. The highest BCUT2D eigenvalue weighted by Gasteiger charge is 2.02. The predicted molar refractivity (Wildman–Crippen MR) is 80.2 cm³/mol. The molecule has 2 aromatic carbocycles. The lowest BCUT2D eigenvalue weighted by Gasteiger charge is -2.05. The second-order valence-corrected chi connectivity index (χ2v) is 6.29. The van der Waals surface area contributed by atoms with Crippen molar-refractivity contribution in [3.63, 3.8) is 0 Å². The quantitative estimate of drug-likeness (QED) is 0.609. The molecular weight excluding hydrogens is 339 g/mol. The van der Waals surface area contributed by atoms with Crippen molar-refractivity contribution < 1.29 is 0 Å². The Kier molecular flexibility index (Phi) is 4.80. The van der Waals surface area contributed by atoms with Crippen molar-refractivity contribution in [1.82, 2.24) is 0 Å². The van der Waals surface area contributed by atoms with E-state index in [0.717, 1.165) is 25.8 Å². The van der Waals surface area contributed by atoms with Crippen LogP contribution in [0.4, 0.5) is 0 Å². The molecule has 0 amide bonds. The van der Waals surface area contributed by atoms with Crippen LogP contribution < -0.4 is 0 Å². The lowest BCUT2D eigenvalue weighted by Crippen LogP contribution is -1.82. The SMILES string of the molecule is Clc1ccc(SCc2ccc(Br)cc2Cl)cc1. The van der Waals surface area contributed by atoms with Crippen LogP contribution >= 0.6 is 50.9 Å². The molecule has 0 saturated carbocycles. The van der Waals surface area contributed by atoms with Gasteiger partial charge >= 0.3 is 0 Å². The molecule has 0 bridgehead atoms. The monoisotopic (exact) mass is 346 g/mol. The number of benzene rings is 2. The molecule has 0 aliphatic carbocycles. The Hall–Kier alpha value is -0.150. The zero-order valence-corrected chi connectivity index (χ0v) is 12.7. The average molecular weight is 348 g/mol. The van der Waals surface area contributed by atoms with Crippen LogP contribution in [0.15, 0.2) is 51.8 Å². The van der Waals surface area contributed by atoms with Gasteiger partial charge in [0.1, 0.15) is 0 Å². The van der Waals surface area contributed by atoms with Gasteiger partial charge in [-0.05, 0) is 42.0 Å². The van der Waals surface area contributed by atoms with E-state index < -0.39 is 0 Å². The highest BCUT2D eigenvalue weighted by molar-refractivity contribution is 9.10. The molecular formula is C13H9BrCl2S. The van der Waals surface area contributed by atoms with Gasteiger partial charge in [-0.3, -0.25) is 0 Å². The van der Waals surface area contributed by atoms with Crippen molar-refractivity contribution in [2.24, 2.45) is 0 Å². The summed E-state index contributed by atoms with van der Waals surface area (Å²) in [4.78, 5) is 1.19. The Labute approximate surface area is 123 Å². The van der Waals surface area contributed by atoms with Crippen LogP contribution in [-0.4, -0.2) is 0 Å². The van der Waals surface area contributed by atoms with Crippen LogP contribution in [0.25, 0.3) is 0 Å². The Morgan fingerprint density at radius 3 is 2.35 bits per heavy atom. The third-order valence-electron chi connectivity index (χ3n) is 2.22. The molecule has 0 saturated heterocycles. The number of hydrogen-bond donors (Lipinski definition) is 0. The van der Waals surface area contributed by atoms with Crippen LogP contribution in [0.3, 0.4) is 0 Å². The number of halogens is 3. The fourth-order valence-corrected chi connectivity index (χ4v) is 3.18. The molecule has 0 aliphatic rings. The summed E-state index contributed by atoms with van der Waals surface area (Å²) >= 11 is 17.1. The zero-order valence-electron chi connectivity index (χ0n) is 8.79. The van der Waals surface area contributed by atoms with Crippen molar-refractivity contribution in [3.8, 4) is 0 Å². The van der Waals surface area contributed by atoms with E-state index in [1.165, 1.54) is 4.90 Å². The Balaban J connectivity index is 2.04.